The lowest BCUT2D eigenvalue weighted by atomic mass is 9.71. The van der Waals surface area contributed by atoms with Crippen LogP contribution in [0.4, 0.5) is 0 Å². The van der Waals surface area contributed by atoms with Crippen molar-refractivity contribution in [3.05, 3.63) is 119 Å². The summed E-state index contributed by atoms with van der Waals surface area (Å²) in [4.78, 5) is 0. The molecular weight excluding hydrogens is 508 g/mol. The van der Waals surface area contributed by atoms with Crippen LogP contribution in [0.3, 0.4) is 0 Å². The molecule has 0 aromatic heterocycles. The Kier molecular flexibility index (Phi) is 10.9. The fourth-order valence-corrected chi connectivity index (χ4v) is 5.72. The summed E-state index contributed by atoms with van der Waals surface area (Å²) in [6, 6.07) is 29.8. The van der Waals surface area contributed by atoms with Crippen molar-refractivity contribution in [2.75, 3.05) is 0 Å². The largest absolute Gasteiger partial charge is 0.508 e. The normalized spacial score (nSPS) is 11.7. The first kappa shape index (κ1) is 31.6. The minimum Gasteiger partial charge on any atom is -0.508 e. The second-order valence-corrected chi connectivity index (χ2v) is 11.9. The van der Waals surface area contributed by atoms with Crippen LogP contribution in [0.5, 0.6) is 23.0 Å². The fourth-order valence-electron chi connectivity index (χ4n) is 5.72. The first-order chi connectivity index (χ1) is 19.5. The molecule has 4 aromatic rings. The van der Waals surface area contributed by atoms with E-state index in [4.69, 9.17) is 0 Å². The zero-order chi connectivity index (χ0) is 30.0. The van der Waals surface area contributed by atoms with Crippen LogP contribution in [0.1, 0.15) is 89.0 Å². The molecule has 0 atom stereocenters. The third kappa shape index (κ3) is 8.29. The van der Waals surface area contributed by atoms with Gasteiger partial charge in [-0.3, -0.25) is 0 Å². The zero-order valence-corrected chi connectivity index (χ0v) is 25.1. The summed E-state index contributed by atoms with van der Waals surface area (Å²) in [6.45, 7) is 11.1. The van der Waals surface area contributed by atoms with Crippen molar-refractivity contribution in [1.29, 1.82) is 0 Å². The van der Waals surface area contributed by atoms with E-state index in [1.165, 1.54) is 35.1 Å². The number of unbranched alkanes of at least 4 members (excludes halogenated alkanes) is 2. The molecule has 0 amide bonds. The van der Waals surface area contributed by atoms with Crippen LogP contribution in [0, 0.1) is 5.92 Å². The maximum absolute atomic E-state index is 9.51. The molecule has 0 aliphatic carbocycles. The van der Waals surface area contributed by atoms with Gasteiger partial charge in [-0.25, -0.2) is 0 Å². The molecule has 41 heavy (non-hydrogen) atoms. The van der Waals surface area contributed by atoms with Crippen LogP contribution in [-0.2, 0) is 10.8 Å². The summed E-state index contributed by atoms with van der Waals surface area (Å²) in [5.74, 6) is 1.70. The van der Waals surface area contributed by atoms with Gasteiger partial charge in [-0.15, -0.1) is 0 Å². The predicted octanol–water partition coefficient (Wildman–Crippen LogP) is 9.43. The van der Waals surface area contributed by atoms with Gasteiger partial charge in [0.25, 0.3) is 0 Å². The van der Waals surface area contributed by atoms with E-state index in [0.29, 0.717) is 17.4 Å². The van der Waals surface area contributed by atoms with Crippen molar-refractivity contribution in [3.8, 4) is 23.0 Å². The molecule has 0 saturated heterocycles. The summed E-state index contributed by atoms with van der Waals surface area (Å²) in [7, 11) is 0. The number of aromatic hydroxyl groups is 4. The molecule has 0 fully saturated rings. The molecule has 0 heterocycles. The van der Waals surface area contributed by atoms with Crippen molar-refractivity contribution in [2.24, 2.45) is 5.92 Å². The van der Waals surface area contributed by atoms with Crippen molar-refractivity contribution in [1.82, 2.24) is 0 Å². The number of rotatable bonds is 10. The lowest BCUT2D eigenvalue weighted by Gasteiger charge is -2.33. The maximum atomic E-state index is 9.51. The Morgan fingerprint density at radius 1 is 0.488 bits per heavy atom. The SMILES string of the molecule is CC(C)CC(C)(c1ccc(O)cc1)c1ccc(O)cc1.CCCCCC(C)(c1ccc(O)cc1)c1ccc(O)cc1. The number of hydrogen-bond donors (Lipinski definition) is 4. The molecule has 4 aromatic carbocycles. The van der Waals surface area contributed by atoms with Crippen molar-refractivity contribution in [3.63, 3.8) is 0 Å². The Hall–Kier alpha value is -3.92. The van der Waals surface area contributed by atoms with Crippen LogP contribution >= 0.6 is 0 Å². The highest BCUT2D eigenvalue weighted by Gasteiger charge is 2.30. The topological polar surface area (TPSA) is 80.9 Å². The molecule has 0 aliphatic rings. The van der Waals surface area contributed by atoms with Crippen LogP contribution in [0.2, 0.25) is 0 Å². The van der Waals surface area contributed by atoms with Gasteiger partial charge in [0.1, 0.15) is 23.0 Å². The minimum absolute atomic E-state index is 0.101. The highest BCUT2D eigenvalue weighted by molar-refractivity contribution is 5.43. The first-order valence-corrected chi connectivity index (χ1v) is 14.7. The number of hydrogen-bond acceptors (Lipinski definition) is 4. The summed E-state index contributed by atoms with van der Waals surface area (Å²) in [6.07, 6.45) is 5.63. The molecule has 4 nitrogen and oxygen atoms in total. The molecule has 0 saturated carbocycles. The van der Waals surface area contributed by atoms with E-state index in [2.05, 4.69) is 34.6 Å². The summed E-state index contributed by atoms with van der Waals surface area (Å²) < 4.78 is 0. The van der Waals surface area contributed by atoms with Crippen LogP contribution < -0.4 is 0 Å². The molecule has 0 aliphatic heterocycles. The lowest BCUT2D eigenvalue weighted by Crippen LogP contribution is -2.25. The zero-order valence-electron chi connectivity index (χ0n) is 25.1. The van der Waals surface area contributed by atoms with Gasteiger partial charge in [0.2, 0.25) is 0 Å². The van der Waals surface area contributed by atoms with Gasteiger partial charge in [-0.05, 0) is 89.5 Å². The average Bonchev–Trinajstić information content (AvgIpc) is 2.94. The van der Waals surface area contributed by atoms with Gasteiger partial charge in [-0.2, -0.15) is 0 Å². The first-order valence-electron chi connectivity index (χ1n) is 14.7. The second kappa shape index (κ2) is 14.1. The van der Waals surface area contributed by atoms with E-state index in [1.807, 2.05) is 48.5 Å². The Labute approximate surface area is 246 Å². The quantitative estimate of drug-likeness (QED) is 0.147. The van der Waals surface area contributed by atoms with Crippen LogP contribution in [0.15, 0.2) is 97.1 Å². The molecular formula is C37H46O4. The molecule has 0 bridgehead atoms. The molecule has 0 spiro atoms. The van der Waals surface area contributed by atoms with Gasteiger partial charge in [0, 0.05) is 10.8 Å². The van der Waals surface area contributed by atoms with Gasteiger partial charge >= 0.3 is 0 Å². The van der Waals surface area contributed by atoms with Crippen LogP contribution in [-0.4, -0.2) is 20.4 Å². The van der Waals surface area contributed by atoms with E-state index >= 15 is 0 Å². The average molecular weight is 555 g/mol. The lowest BCUT2D eigenvalue weighted by molar-refractivity contribution is 0.424. The summed E-state index contributed by atoms with van der Waals surface area (Å²) in [5, 5.41) is 38.0. The third-order valence-electron chi connectivity index (χ3n) is 8.11. The number of phenolic OH excluding ortho intramolecular Hbond substituents is 4. The third-order valence-corrected chi connectivity index (χ3v) is 8.11. The second-order valence-electron chi connectivity index (χ2n) is 11.9. The van der Waals surface area contributed by atoms with E-state index < -0.39 is 0 Å². The minimum atomic E-state index is -0.129. The maximum Gasteiger partial charge on any atom is 0.115 e. The van der Waals surface area contributed by atoms with Gasteiger partial charge in [0.15, 0.2) is 0 Å². The molecule has 4 rings (SSSR count). The summed E-state index contributed by atoms with van der Waals surface area (Å²) >= 11 is 0. The van der Waals surface area contributed by atoms with E-state index in [1.54, 1.807) is 48.5 Å². The monoisotopic (exact) mass is 554 g/mol. The highest BCUT2D eigenvalue weighted by Crippen LogP contribution is 2.40. The Morgan fingerprint density at radius 3 is 1.05 bits per heavy atom. The Balaban J connectivity index is 0.000000226. The number of phenols is 4. The van der Waals surface area contributed by atoms with Gasteiger partial charge in [-0.1, -0.05) is 102 Å². The van der Waals surface area contributed by atoms with Crippen LogP contribution in [0.25, 0.3) is 0 Å². The molecule has 218 valence electrons. The van der Waals surface area contributed by atoms with Crippen molar-refractivity contribution >= 4 is 0 Å². The standard InChI is InChI=1S/C19H24O2.C18H22O2/c1-3-4-5-14-19(2,15-6-10-17(20)11-7-15)16-8-12-18(21)13-9-16;1-13(2)12-18(3,14-4-8-16(19)9-5-14)15-6-10-17(20)11-7-15/h6-13,20-21H,3-5,14H2,1-2H3;4-11,13,19-20H,12H2,1-3H3. The smallest absolute Gasteiger partial charge is 0.115 e. The Morgan fingerprint density at radius 2 is 0.780 bits per heavy atom. The van der Waals surface area contributed by atoms with E-state index in [-0.39, 0.29) is 22.3 Å². The predicted molar refractivity (Wildman–Crippen MR) is 169 cm³/mol. The van der Waals surface area contributed by atoms with Gasteiger partial charge in [0.05, 0.1) is 0 Å². The van der Waals surface area contributed by atoms with E-state index in [9.17, 15) is 20.4 Å². The number of benzene rings is 4. The van der Waals surface area contributed by atoms with Gasteiger partial charge < -0.3 is 20.4 Å². The van der Waals surface area contributed by atoms with E-state index in [0.717, 1.165) is 19.3 Å². The fraction of sp³-hybridized carbons (Fsp3) is 0.351. The molecule has 4 heteroatoms. The highest BCUT2D eigenvalue weighted by atomic mass is 16.3. The molecule has 4 N–H and O–H groups in total. The molecule has 0 radical (unpaired) electrons. The van der Waals surface area contributed by atoms with Crippen molar-refractivity contribution in [2.45, 2.75) is 77.6 Å². The van der Waals surface area contributed by atoms with Crippen molar-refractivity contribution < 1.29 is 20.4 Å². The Bertz CT molecular complexity index is 1230. The summed E-state index contributed by atoms with van der Waals surface area (Å²) in [5.41, 5.74) is 4.51. The molecule has 0 unspecified atom stereocenters.